The molecule has 1 fully saturated rings. The molecule has 2 heterocycles. The van der Waals surface area contributed by atoms with Gasteiger partial charge in [0.25, 0.3) is 0 Å². The third-order valence-electron chi connectivity index (χ3n) is 3.91. The van der Waals surface area contributed by atoms with Crippen LogP contribution in [-0.4, -0.2) is 40.7 Å². The molecule has 1 saturated heterocycles. The van der Waals surface area contributed by atoms with E-state index in [2.05, 4.69) is 10.3 Å². The number of nitrogens with one attached hydrogen (secondary N) is 1. The summed E-state index contributed by atoms with van der Waals surface area (Å²) in [5.41, 5.74) is 2.16. The van der Waals surface area contributed by atoms with Crippen LogP contribution in [0, 0.1) is 12.8 Å². The van der Waals surface area contributed by atoms with Crippen LogP contribution < -0.4 is 5.32 Å². The lowest BCUT2D eigenvalue weighted by Gasteiger charge is -2.31. The first-order valence-electron chi connectivity index (χ1n) is 7.19. The monoisotopic (exact) mass is 289 g/mol. The van der Waals surface area contributed by atoms with Crippen LogP contribution in [0.2, 0.25) is 0 Å². The molecular weight excluding hydrogens is 270 g/mol. The Kier molecular flexibility index (Phi) is 3.79. The highest BCUT2D eigenvalue weighted by Crippen LogP contribution is 2.21. The number of piperidine rings is 1. The summed E-state index contributed by atoms with van der Waals surface area (Å²) < 4.78 is 5.46. The number of oxazole rings is 1. The minimum absolute atomic E-state index is 0.109. The molecule has 1 aromatic heterocycles. The van der Waals surface area contributed by atoms with Gasteiger partial charge in [0.2, 0.25) is 0 Å². The molecule has 0 spiro atoms. The number of urea groups is 1. The van der Waals surface area contributed by atoms with Gasteiger partial charge in [0.1, 0.15) is 5.52 Å². The Bertz CT molecular complexity index is 645. The first-order valence-corrected chi connectivity index (χ1v) is 7.19. The van der Waals surface area contributed by atoms with Crippen molar-refractivity contribution in [3.8, 4) is 0 Å². The average Bonchev–Trinajstić information content (AvgIpc) is 2.86. The molecule has 1 aliphatic rings. The van der Waals surface area contributed by atoms with Crippen LogP contribution in [-0.2, 0) is 0 Å². The summed E-state index contributed by atoms with van der Waals surface area (Å²) in [4.78, 5) is 18.2. The average molecular weight is 289 g/mol. The summed E-state index contributed by atoms with van der Waals surface area (Å²) >= 11 is 0. The zero-order valence-electron chi connectivity index (χ0n) is 12.0. The first-order chi connectivity index (χ1) is 10.2. The molecule has 0 bridgehead atoms. The van der Waals surface area contributed by atoms with Crippen LogP contribution in [0.15, 0.2) is 22.6 Å². The van der Waals surface area contributed by atoms with Gasteiger partial charge in [-0.1, -0.05) is 0 Å². The summed E-state index contributed by atoms with van der Waals surface area (Å²) in [7, 11) is 0. The van der Waals surface area contributed by atoms with Gasteiger partial charge in [0.15, 0.2) is 11.5 Å². The van der Waals surface area contributed by atoms with Crippen molar-refractivity contribution >= 4 is 22.8 Å². The van der Waals surface area contributed by atoms with Crippen molar-refractivity contribution in [3.63, 3.8) is 0 Å². The number of carbonyl (C=O) groups excluding carboxylic acids is 1. The van der Waals surface area contributed by atoms with Crippen LogP contribution in [0.1, 0.15) is 18.7 Å². The van der Waals surface area contributed by atoms with Crippen molar-refractivity contribution < 1.29 is 14.3 Å². The maximum atomic E-state index is 12.2. The lowest BCUT2D eigenvalue weighted by Crippen LogP contribution is -2.41. The number of aryl methyl sites for hydroxylation is 1. The highest BCUT2D eigenvalue weighted by Gasteiger charge is 2.22. The number of amides is 2. The number of nitrogens with zero attached hydrogens (tertiary/aromatic N) is 2. The molecule has 112 valence electrons. The number of anilines is 1. The second kappa shape index (κ2) is 5.73. The third kappa shape index (κ3) is 3.00. The number of benzene rings is 1. The Labute approximate surface area is 122 Å². The molecule has 6 heteroatoms. The zero-order valence-corrected chi connectivity index (χ0v) is 12.0. The summed E-state index contributed by atoms with van der Waals surface area (Å²) in [6.45, 7) is 3.36. The van der Waals surface area contributed by atoms with E-state index in [9.17, 15) is 4.79 Å². The van der Waals surface area contributed by atoms with E-state index >= 15 is 0 Å². The van der Waals surface area contributed by atoms with Crippen LogP contribution in [0.3, 0.4) is 0 Å². The summed E-state index contributed by atoms with van der Waals surface area (Å²) in [5.74, 6) is 0.933. The molecule has 6 nitrogen and oxygen atoms in total. The predicted molar refractivity (Wildman–Crippen MR) is 79.1 cm³/mol. The van der Waals surface area contributed by atoms with Crippen molar-refractivity contribution in [2.45, 2.75) is 19.8 Å². The molecular formula is C15H19N3O3. The lowest BCUT2D eigenvalue weighted by atomic mass is 9.98. The van der Waals surface area contributed by atoms with Crippen LogP contribution in [0.25, 0.3) is 11.1 Å². The second-order valence-corrected chi connectivity index (χ2v) is 5.46. The fourth-order valence-corrected chi connectivity index (χ4v) is 2.64. The summed E-state index contributed by atoms with van der Waals surface area (Å²) in [6.07, 6.45) is 1.70. The maximum Gasteiger partial charge on any atom is 0.321 e. The second-order valence-electron chi connectivity index (χ2n) is 5.46. The molecule has 2 N–H and O–H groups in total. The Morgan fingerprint density at radius 3 is 2.95 bits per heavy atom. The van der Waals surface area contributed by atoms with E-state index in [-0.39, 0.29) is 12.6 Å². The van der Waals surface area contributed by atoms with Crippen molar-refractivity contribution in [1.29, 1.82) is 0 Å². The van der Waals surface area contributed by atoms with Gasteiger partial charge in [-0.2, -0.15) is 0 Å². The van der Waals surface area contributed by atoms with E-state index in [0.717, 1.165) is 18.4 Å². The Morgan fingerprint density at radius 2 is 2.24 bits per heavy atom. The molecule has 3 rings (SSSR count). The Balaban J connectivity index is 1.65. The molecule has 21 heavy (non-hydrogen) atoms. The van der Waals surface area contributed by atoms with Crippen molar-refractivity contribution in [3.05, 3.63) is 24.1 Å². The molecule has 1 aromatic carbocycles. The molecule has 0 atom stereocenters. The Morgan fingerprint density at radius 1 is 1.48 bits per heavy atom. The Hall–Kier alpha value is -2.08. The number of carbonyl (C=O) groups is 1. The molecule has 2 amide bonds. The predicted octanol–water partition coefficient (Wildman–Crippen LogP) is 2.37. The number of fused-ring (bicyclic) bond motifs is 1. The highest BCUT2D eigenvalue weighted by molar-refractivity contribution is 5.91. The number of aromatic nitrogens is 1. The summed E-state index contributed by atoms with van der Waals surface area (Å²) in [5, 5.41) is 12.0. The van der Waals surface area contributed by atoms with E-state index in [4.69, 9.17) is 9.52 Å². The number of hydrogen-bond donors (Lipinski definition) is 2. The van der Waals surface area contributed by atoms with Crippen LogP contribution in [0.5, 0.6) is 0 Å². The van der Waals surface area contributed by atoms with Gasteiger partial charge in [-0.25, -0.2) is 9.78 Å². The quantitative estimate of drug-likeness (QED) is 0.889. The number of aliphatic hydroxyl groups is 1. The maximum absolute atomic E-state index is 12.2. The van der Waals surface area contributed by atoms with Crippen LogP contribution >= 0.6 is 0 Å². The normalized spacial score (nSPS) is 16.4. The fraction of sp³-hybridized carbons (Fsp3) is 0.467. The molecule has 1 aliphatic heterocycles. The van der Waals surface area contributed by atoms with Gasteiger partial charge >= 0.3 is 6.03 Å². The minimum Gasteiger partial charge on any atom is -0.441 e. The van der Waals surface area contributed by atoms with Gasteiger partial charge < -0.3 is 19.7 Å². The smallest absolute Gasteiger partial charge is 0.321 e. The van der Waals surface area contributed by atoms with Crippen LogP contribution in [0.4, 0.5) is 10.5 Å². The number of likely N-dealkylation sites (tertiary alicyclic amines) is 1. The number of hydrogen-bond acceptors (Lipinski definition) is 4. The van der Waals surface area contributed by atoms with E-state index in [1.54, 1.807) is 17.9 Å². The lowest BCUT2D eigenvalue weighted by molar-refractivity contribution is 0.143. The van der Waals surface area contributed by atoms with E-state index in [0.29, 0.717) is 36.2 Å². The topological polar surface area (TPSA) is 78.6 Å². The van der Waals surface area contributed by atoms with E-state index in [1.807, 2.05) is 12.1 Å². The standard InChI is InChI=1S/C15H19N3O3/c1-10-16-13-3-2-12(8-14(13)21-10)17-15(20)18-6-4-11(9-19)5-7-18/h2-3,8,11,19H,4-7,9H2,1H3,(H,17,20). The first kappa shape index (κ1) is 13.9. The largest absolute Gasteiger partial charge is 0.441 e. The van der Waals surface area contributed by atoms with Gasteiger partial charge in [0.05, 0.1) is 0 Å². The van der Waals surface area contributed by atoms with Gasteiger partial charge in [-0.05, 0) is 30.9 Å². The molecule has 0 saturated carbocycles. The van der Waals surface area contributed by atoms with Gasteiger partial charge in [-0.15, -0.1) is 0 Å². The van der Waals surface area contributed by atoms with Crippen molar-refractivity contribution in [2.75, 3.05) is 25.0 Å². The fourth-order valence-electron chi connectivity index (χ4n) is 2.64. The SMILES string of the molecule is Cc1nc2ccc(NC(=O)N3CCC(CO)CC3)cc2o1. The highest BCUT2D eigenvalue weighted by atomic mass is 16.3. The van der Waals surface area contributed by atoms with E-state index < -0.39 is 0 Å². The molecule has 0 aliphatic carbocycles. The van der Waals surface area contributed by atoms with Crippen molar-refractivity contribution in [1.82, 2.24) is 9.88 Å². The molecule has 0 unspecified atom stereocenters. The van der Waals surface area contributed by atoms with Gasteiger partial charge in [0, 0.05) is 38.4 Å². The summed E-state index contributed by atoms with van der Waals surface area (Å²) in [6, 6.07) is 5.33. The van der Waals surface area contributed by atoms with E-state index in [1.165, 1.54) is 0 Å². The third-order valence-corrected chi connectivity index (χ3v) is 3.91. The minimum atomic E-state index is -0.109. The van der Waals surface area contributed by atoms with Gasteiger partial charge in [-0.3, -0.25) is 0 Å². The molecule has 2 aromatic rings. The van der Waals surface area contributed by atoms with Crippen molar-refractivity contribution in [2.24, 2.45) is 5.92 Å². The number of aliphatic hydroxyl groups excluding tert-OH is 1. The number of rotatable bonds is 2. The molecule has 0 radical (unpaired) electrons. The zero-order chi connectivity index (χ0) is 14.8.